The highest BCUT2D eigenvalue weighted by Gasteiger charge is 2.23. The van der Waals surface area contributed by atoms with Crippen molar-refractivity contribution in [2.45, 2.75) is 46.5 Å². The molecule has 0 unspecified atom stereocenters. The Kier molecular flexibility index (Phi) is 6.76. The number of halogens is 1. The summed E-state index contributed by atoms with van der Waals surface area (Å²) in [6.07, 6.45) is 2.45. The summed E-state index contributed by atoms with van der Waals surface area (Å²) >= 11 is 0. The van der Waals surface area contributed by atoms with Gasteiger partial charge in [-0.3, -0.25) is 0 Å². The predicted molar refractivity (Wildman–Crippen MR) is 65.5 cm³/mol. The first-order valence-corrected chi connectivity index (χ1v) is 5.82. The van der Waals surface area contributed by atoms with E-state index < -0.39 is 0 Å². The van der Waals surface area contributed by atoms with E-state index in [1.165, 1.54) is 24.5 Å². The summed E-state index contributed by atoms with van der Waals surface area (Å²) in [5.74, 6) is 0.340. The zero-order valence-electron chi connectivity index (χ0n) is 10.2. The van der Waals surface area contributed by atoms with Crippen LogP contribution in [0.4, 0.5) is 10.1 Å². The molecule has 1 aliphatic rings. The first-order chi connectivity index (χ1) is 7.27. The van der Waals surface area contributed by atoms with Gasteiger partial charge in [0, 0.05) is 0 Å². The Balaban J connectivity index is 0.000000442. The van der Waals surface area contributed by atoms with Crippen LogP contribution in [0.2, 0.25) is 0 Å². The molecule has 0 aromatic heterocycles. The average Bonchev–Trinajstić information content (AvgIpc) is 3.12. The molecule has 1 aromatic rings. The molecule has 0 saturated heterocycles. The maximum Gasteiger partial charge on any atom is 0.146 e. The molecular weight excluding hydrogens is 189 g/mol. The SMILES string of the molecule is CC.CC.Nc1cc(C2CC2)ccc1F. The van der Waals surface area contributed by atoms with Gasteiger partial charge in [0.25, 0.3) is 0 Å². The van der Waals surface area contributed by atoms with E-state index in [9.17, 15) is 4.39 Å². The van der Waals surface area contributed by atoms with Gasteiger partial charge in [-0.15, -0.1) is 0 Å². The summed E-state index contributed by atoms with van der Waals surface area (Å²) in [6.45, 7) is 8.00. The van der Waals surface area contributed by atoms with E-state index in [1.807, 2.05) is 33.8 Å². The molecule has 1 aliphatic carbocycles. The molecule has 2 rings (SSSR count). The third-order valence-electron chi connectivity index (χ3n) is 2.07. The van der Waals surface area contributed by atoms with Crippen LogP contribution in [0.1, 0.15) is 52.0 Å². The van der Waals surface area contributed by atoms with Gasteiger partial charge >= 0.3 is 0 Å². The zero-order chi connectivity index (χ0) is 11.8. The van der Waals surface area contributed by atoms with Crippen LogP contribution in [0.25, 0.3) is 0 Å². The lowest BCUT2D eigenvalue weighted by molar-refractivity contribution is 0.632. The maximum absolute atomic E-state index is 12.7. The lowest BCUT2D eigenvalue weighted by Crippen LogP contribution is -1.91. The standard InChI is InChI=1S/C9H10FN.2C2H6/c10-8-4-3-7(5-9(8)11)6-1-2-6;2*1-2/h3-6H,1-2,11H2;2*1-2H3. The van der Waals surface area contributed by atoms with Crippen LogP contribution in [-0.4, -0.2) is 0 Å². The largest absolute Gasteiger partial charge is 0.396 e. The van der Waals surface area contributed by atoms with Crippen LogP contribution in [0.15, 0.2) is 18.2 Å². The second-order valence-electron chi connectivity index (χ2n) is 3.06. The molecule has 1 aromatic carbocycles. The lowest BCUT2D eigenvalue weighted by atomic mass is 10.1. The van der Waals surface area contributed by atoms with Crippen molar-refractivity contribution in [3.8, 4) is 0 Å². The van der Waals surface area contributed by atoms with E-state index in [4.69, 9.17) is 5.73 Å². The Morgan fingerprint density at radius 1 is 1.13 bits per heavy atom. The van der Waals surface area contributed by atoms with Crippen LogP contribution in [0.3, 0.4) is 0 Å². The molecule has 2 N–H and O–H groups in total. The molecule has 0 spiro atoms. The molecule has 86 valence electrons. The summed E-state index contributed by atoms with van der Waals surface area (Å²) in [5, 5.41) is 0. The van der Waals surface area contributed by atoms with Crippen LogP contribution >= 0.6 is 0 Å². The number of nitrogen functional groups attached to an aromatic ring is 1. The van der Waals surface area contributed by atoms with Crippen molar-refractivity contribution in [3.05, 3.63) is 29.6 Å². The monoisotopic (exact) mass is 211 g/mol. The highest BCUT2D eigenvalue weighted by Crippen LogP contribution is 2.40. The van der Waals surface area contributed by atoms with Crippen molar-refractivity contribution in [1.29, 1.82) is 0 Å². The van der Waals surface area contributed by atoms with Crippen LogP contribution in [-0.2, 0) is 0 Å². The summed E-state index contributed by atoms with van der Waals surface area (Å²) in [4.78, 5) is 0. The minimum atomic E-state index is -0.311. The van der Waals surface area contributed by atoms with E-state index in [1.54, 1.807) is 6.07 Å². The maximum atomic E-state index is 12.7. The number of rotatable bonds is 1. The highest BCUT2D eigenvalue weighted by molar-refractivity contribution is 5.44. The van der Waals surface area contributed by atoms with Gasteiger partial charge < -0.3 is 5.73 Å². The van der Waals surface area contributed by atoms with Crippen molar-refractivity contribution in [1.82, 2.24) is 0 Å². The van der Waals surface area contributed by atoms with Gasteiger partial charge in [0.1, 0.15) is 5.82 Å². The van der Waals surface area contributed by atoms with Gasteiger partial charge in [-0.05, 0) is 36.5 Å². The minimum Gasteiger partial charge on any atom is -0.396 e. The van der Waals surface area contributed by atoms with Crippen LogP contribution in [0, 0.1) is 5.82 Å². The molecule has 15 heavy (non-hydrogen) atoms. The van der Waals surface area contributed by atoms with Crippen molar-refractivity contribution in [3.63, 3.8) is 0 Å². The molecule has 1 saturated carbocycles. The van der Waals surface area contributed by atoms with Gasteiger partial charge in [-0.2, -0.15) is 0 Å². The third-order valence-corrected chi connectivity index (χ3v) is 2.07. The molecular formula is C13H22FN. The van der Waals surface area contributed by atoms with Crippen molar-refractivity contribution >= 4 is 5.69 Å². The topological polar surface area (TPSA) is 26.0 Å². The Morgan fingerprint density at radius 2 is 1.67 bits per heavy atom. The fourth-order valence-electron chi connectivity index (χ4n) is 1.23. The number of hydrogen-bond donors (Lipinski definition) is 1. The first kappa shape index (κ1) is 13.9. The van der Waals surface area contributed by atoms with Gasteiger partial charge in [-0.1, -0.05) is 33.8 Å². The Morgan fingerprint density at radius 3 is 2.07 bits per heavy atom. The minimum absolute atomic E-state index is 0.273. The molecule has 0 bridgehead atoms. The second kappa shape index (κ2) is 7.27. The van der Waals surface area contributed by atoms with Crippen molar-refractivity contribution < 1.29 is 4.39 Å². The van der Waals surface area contributed by atoms with Crippen LogP contribution < -0.4 is 5.73 Å². The molecule has 0 radical (unpaired) electrons. The number of hydrogen-bond acceptors (Lipinski definition) is 1. The number of anilines is 1. The molecule has 1 nitrogen and oxygen atoms in total. The zero-order valence-corrected chi connectivity index (χ0v) is 10.2. The summed E-state index contributed by atoms with van der Waals surface area (Å²) in [7, 11) is 0. The highest BCUT2D eigenvalue weighted by atomic mass is 19.1. The van der Waals surface area contributed by atoms with E-state index in [-0.39, 0.29) is 11.5 Å². The summed E-state index contributed by atoms with van der Waals surface area (Å²) in [6, 6.07) is 5.01. The number of nitrogens with two attached hydrogens (primary N) is 1. The fraction of sp³-hybridized carbons (Fsp3) is 0.538. The molecule has 0 aliphatic heterocycles. The number of benzene rings is 1. The van der Waals surface area contributed by atoms with Gasteiger partial charge in [0.15, 0.2) is 0 Å². The molecule has 0 amide bonds. The molecule has 1 fully saturated rings. The Bertz CT molecular complexity index is 280. The van der Waals surface area contributed by atoms with E-state index in [0.717, 1.165) is 0 Å². The Hall–Kier alpha value is -1.05. The summed E-state index contributed by atoms with van der Waals surface area (Å²) < 4.78 is 12.7. The van der Waals surface area contributed by atoms with Gasteiger partial charge in [0.2, 0.25) is 0 Å². The second-order valence-corrected chi connectivity index (χ2v) is 3.06. The fourth-order valence-corrected chi connectivity index (χ4v) is 1.23. The first-order valence-electron chi connectivity index (χ1n) is 5.82. The average molecular weight is 211 g/mol. The summed E-state index contributed by atoms with van der Waals surface area (Å²) in [5.41, 5.74) is 6.87. The van der Waals surface area contributed by atoms with Gasteiger partial charge in [0.05, 0.1) is 5.69 Å². The molecule has 0 heterocycles. The normalized spacial score (nSPS) is 13.1. The smallest absolute Gasteiger partial charge is 0.146 e. The van der Waals surface area contributed by atoms with Crippen molar-refractivity contribution in [2.75, 3.05) is 5.73 Å². The lowest BCUT2D eigenvalue weighted by Gasteiger charge is -1.99. The Labute approximate surface area is 92.5 Å². The third kappa shape index (κ3) is 4.32. The van der Waals surface area contributed by atoms with Gasteiger partial charge in [-0.25, -0.2) is 4.39 Å². The van der Waals surface area contributed by atoms with E-state index in [0.29, 0.717) is 5.92 Å². The molecule has 2 heteroatoms. The quantitative estimate of drug-likeness (QED) is 0.687. The van der Waals surface area contributed by atoms with Crippen LogP contribution in [0.5, 0.6) is 0 Å². The van der Waals surface area contributed by atoms with E-state index >= 15 is 0 Å². The predicted octanol–water partition coefficient (Wildman–Crippen LogP) is 4.34. The molecule has 0 atom stereocenters. The van der Waals surface area contributed by atoms with E-state index in [2.05, 4.69) is 0 Å². The van der Waals surface area contributed by atoms with Crippen molar-refractivity contribution in [2.24, 2.45) is 0 Å².